The van der Waals surface area contributed by atoms with Gasteiger partial charge in [-0.25, -0.2) is 9.59 Å². The molecule has 8 heteroatoms. The van der Waals surface area contributed by atoms with E-state index in [4.69, 9.17) is 0 Å². The fourth-order valence-electron chi connectivity index (χ4n) is 2.16. The summed E-state index contributed by atoms with van der Waals surface area (Å²) in [4.78, 5) is 48.3. The van der Waals surface area contributed by atoms with E-state index in [1.54, 1.807) is 6.92 Å². The monoisotopic (exact) mass is 324 g/mol. The van der Waals surface area contributed by atoms with Crippen molar-refractivity contribution in [3.63, 3.8) is 0 Å². The first-order valence-electron chi connectivity index (χ1n) is 7.52. The maximum absolute atomic E-state index is 12.4. The van der Waals surface area contributed by atoms with Crippen molar-refractivity contribution in [3.8, 4) is 0 Å². The van der Waals surface area contributed by atoms with Crippen LogP contribution in [-0.2, 0) is 9.59 Å². The molecule has 0 aromatic carbocycles. The van der Waals surface area contributed by atoms with Crippen molar-refractivity contribution < 1.29 is 19.2 Å². The fraction of sp³-hybridized carbons (Fsp3) is 0.600. The lowest BCUT2D eigenvalue weighted by Gasteiger charge is -2.22. The Morgan fingerprint density at radius 1 is 1.39 bits per heavy atom. The summed E-state index contributed by atoms with van der Waals surface area (Å²) in [6, 6.07) is -1.33. The Hall–Kier alpha value is -2.38. The molecule has 0 bridgehead atoms. The van der Waals surface area contributed by atoms with Gasteiger partial charge in [-0.15, -0.1) is 6.58 Å². The zero-order valence-corrected chi connectivity index (χ0v) is 13.8. The maximum atomic E-state index is 12.4. The Morgan fingerprint density at radius 3 is 2.61 bits per heavy atom. The molecule has 0 spiro atoms. The fourth-order valence-corrected chi connectivity index (χ4v) is 2.16. The molecule has 1 aliphatic heterocycles. The zero-order valence-electron chi connectivity index (χ0n) is 13.8. The van der Waals surface area contributed by atoms with Crippen molar-refractivity contribution >= 4 is 23.9 Å². The zero-order chi connectivity index (χ0) is 17.6. The molecule has 3 N–H and O–H groups in total. The van der Waals surface area contributed by atoms with Crippen LogP contribution in [0.3, 0.4) is 0 Å². The van der Waals surface area contributed by atoms with Crippen LogP contribution >= 0.6 is 0 Å². The van der Waals surface area contributed by atoms with Crippen LogP contribution in [0.15, 0.2) is 12.7 Å². The topological polar surface area (TPSA) is 108 Å². The van der Waals surface area contributed by atoms with Gasteiger partial charge < -0.3 is 10.6 Å². The molecule has 8 nitrogen and oxygen atoms in total. The van der Waals surface area contributed by atoms with E-state index in [0.29, 0.717) is 12.3 Å². The highest BCUT2D eigenvalue weighted by molar-refractivity contribution is 6.09. The molecule has 1 saturated heterocycles. The van der Waals surface area contributed by atoms with Gasteiger partial charge in [-0.1, -0.05) is 19.9 Å². The Morgan fingerprint density at radius 2 is 2.04 bits per heavy atom. The standard InChI is InChI=1S/C15H24N4O4/c1-5-8-16-13(22)17-11(20)9-19-12(21)15(4,18-14(19)23)7-6-10(2)3/h5,10H,1,6-9H2,2-4H3,(H,18,23)(H2,16,17,20,22). The number of amides is 6. The summed E-state index contributed by atoms with van der Waals surface area (Å²) in [6.45, 7) is 8.83. The van der Waals surface area contributed by atoms with Crippen molar-refractivity contribution in [2.45, 2.75) is 39.2 Å². The molecule has 6 amide bonds. The van der Waals surface area contributed by atoms with Crippen LogP contribution in [-0.4, -0.2) is 47.4 Å². The number of hydrogen-bond donors (Lipinski definition) is 3. The quantitative estimate of drug-likeness (QED) is 0.474. The van der Waals surface area contributed by atoms with E-state index in [1.165, 1.54) is 6.08 Å². The molecule has 1 atom stereocenters. The van der Waals surface area contributed by atoms with Gasteiger partial charge in [-0.3, -0.25) is 19.8 Å². The normalized spacial score (nSPS) is 20.4. The Kier molecular flexibility index (Phi) is 6.29. The smallest absolute Gasteiger partial charge is 0.325 e. The van der Waals surface area contributed by atoms with Crippen molar-refractivity contribution in [1.82, 2.24) is 20.9 Å². The van der Waals surface area contributed by atoms with E-state index < -0.39 is 36.0 Å². The average molecular weight is 324 g/mol. The van der Waals surface area contributed by atoms with E-state index in [0.717, 1.165) is 11.3 Å². The number of carbonyl (C=O) groups excluding carboxylic acids is 4. The summed E-state index contributed by atoms with van der Waals surface area (Å²) in [5.41, 5.74) is -1.01. The molecule has 0 radical (unpaired) electrons. The van der Waals surface area contributed by atoms with Gasteiger partial charge in [-0.05, 0) is 25.7 Å². The first kappa shape index (κ1) is 18.7. The predicted octanol–water partition coefficient (Wildman–Crippen LogP) is 0.745. The van der Waals surface area contributed by atoms with E-state index in [1.807, 2.05) is 19.2 Å². The summed E-state index contributed by atoms with van der Waals surface area (Å²) >= 11 is 0. The van der Waals surface area contributed by atoms with Crippen LogP contribution in [0.1, 0.15) is 33.6 Å². The van der Waals surface area contributed by atoms with Gasteiger partial charge in [0, 0.05) is 6.54 Å². The SMILES string of the molecule is C=CCNC(=O)NC(=O)CN1C(=O)NC(C)(CCC(C)C)C1=O. The number of nitrogens with one attached hydrogen (secondary N) is 3. The average Bonchev–Trinajstić information content (AvgIpc) is 2.67. The molecule has 1 unspecified atom stereocenters. The molecule has 1 fully saturated rings. The number of rotatable bonds is 7. The third-order valence-corrected chi connectivity index (χ3v) is 3.53. The Balaban J connectivity index is 2.61. The lowest BCUT2D eigenvalue weighted by Crippen LogP contribution is -2.47. The molecular formula is C15H24N4O4. The summed E-state index contributed by atoms with van der Waals surface area (Å²) < 4.78 is 0. The molecule has 0 aromatic heterocycles. The second-order valence-corrected chi connectivity index (χ2v) is 6.13. The van der Waals surface area contributed by atoms with Crippen molar-refractivity contribution in [1.29, 1.82) is 0 Å². The van der Waals surface area contributed by atoms with Gasteiger partial charge in [0.2, 0.25) is 5.91 Å². The van der Waals surface area contributed by atoms with Crippen LogP contribution in [0.2, 0.25) is 0 Å². The van der Waals surface area contributed by atoms with Gasteiger partial charge >= 0.3 is 12.1 Å². The van der Waals surface area contributed by atoms with Crippen LogP contribution in [0.25, 0.3) is 0 Å². The summed E-state index contributed by atoms with van der Waals surface area (Å²) in [5.74, 6) is -0.796. The maximum Gasteiger partial charge on any atom is 0.325 e. The van der Waals surface area contributed by atoms with E-state index in [2.05, 4.69) is 17.2 Å². The third-order valence-electron chi connectivity index (χ3n) is 3.53. The van der Waals surface area contributed by atoms with Gasteiger partial charge in [0.1, 0.15) is 12.1 Å². The Labute approximate surface area is 135 Å². The van der Waals surface area contributed by atoms with Crippen LogP contribution in [0, 0.1) is 5.92 Å². The van der Waals surface area contributed by atoms with Crippen LogP contribution in [0.4, 0.5) is 9.59 Å². The number of hydrogen-bond acceptors (Lipinski definition) is 4. The Bertz CT molecular complexity index is 518. The summed E-state index contributed by atoms with van der Waals surface area (Å²) in [5, 5.41) is 7.04. The van der Waals surface area contributed by atoms with E-state index in [9.17, 15) is 19.2 Å². The summed E-state index contributed by atoms with van der Waals surface area (Å²) in [6.07, 6.45) is 2.72. The summed E-state index contributed by atoms with van der Waals surface area (Å²) in [7, 11) is 0. The first-order valence-corrected chi connectivity index (χ1v) is 7.52. The molecule has 23 heavy (non-hydrogen) atoms. The van der Waals surface area contributed by atoms with Gasteiger partial charge in [0.15, 0.2) is 0 Å². The molecule has 0 aliphatic carbocycles. The second kappa shape index (κ2) is 7.75. The van der Waals surface area contributed by atoms with E-state index >= 15 is 0 Å². The lowest BCUT2D eigenvalue weighted by molar-refractivity contribution is -0.134. The minimum Gasteiger partial charge on any atom is -0.334 e. The molecule has 128 valence electrons. The van der Waals surface area contributed by atoms with E-state index in [-0.39, 0.29) is 6.54 Å². The highest BCUT2D eigenvalue weighted by Crippen LogP contribution is 2.24. The predicted molar refractivity (Wildman–Crippen MR) is 84.5 cm³/mol. The van der Waals surface area contributed by atoms with Gasteiger partial charge in [-0.2, -0.15) is 0 Å². The van der Waals surface area contributed by atoms with Crippen molar-refractivity contribution in [2.75, 3.05) is 13.1 Å². The minimum atomic E-state index is -1.01. The molecular weight excluding hydrogens is 300 g/mol. The largest absolute Gasteiger partial charge is 0.334 e. The van der Waals surface area contributed by atoms with Crippen LogP contribution < -0.4 is 16.0 Å². The number of carbonyl (C=O) groups is 4. The second-order valence-electron chi connectivity index (χ2n) is 6.13. The molecule has 0 saturated carbocycles. The molecule has 1 rings (SSSR count). The van der Waals surface area contributed by atoms with Crippen molar-refractivity contribution in [2.24, 2.45) is 5.92 Å². The first-order chi connectivity index (χ1) is 10.7. The molecule has 1 aliphatic rings. The molecule has 0 aromatic rings. The van der Waals surface area contributed by atoms with Gasteiger partial charge in [0.05, 0.1) is 0 Å². The van der Waals surface area contributed by atoms with Crippen LogP contribution in [0.5, 0.6) is 0 Å². The van der Waals surface area contributed by atoms with Gasteiger partial charge in [0.25, 0.3) is 5.91 Å². The molecule has 1 heterocycles. The number of urea groups is 2. The number of imide groups is 2. The van der Waals surface area contributed by atoms with Crippen molar-refractivity contribution in [3.05, 3.63) is 12.7 Å². The lowest BCUT2D eigenvalue weighted by atomic mass is 9.92. The highest BCUT2D eigenvalue weighted by Gasteiger charge is 2.47. The highest BCUT2D eigenvalue weighted by atomic mass is 16.2. The third kappa shape index (κ3) is 5.08. The minimum absolute atomic E-state index is 0.204. The number of nitrogens with zero attached hydrogens (tertiary/aromatic N) is 1.